The lowest BCUT2D eigenvalue weighted by molar-refractivity contribution is -0.116. The van der Waals surface area contributed by atoms with Crippen LogP contribution in [0.25, 0.3) is 10.2 Å². The number of hydrogen-bond donors (Lipinski definition) is 2. The van der Waals surface area contributed by atoms with Gasteiger partial charge in [0.15, 0.2) is 0 Å². The number of allylic oxidation sites excluding steroid dienone is 3. The molecule has 0 aliphatic carbocycles. The molecule has 1 aromatic heterocycles. The molecule has 0 fully saturated rings. The summed E-state index contributed by atoms with van der Waals surface area (Å²) in [7, 11) is 0. The van der Waals surface area contributed by atoms with Crippen molar-refractivity contribution in [1.29, 1.82) is 0 Å². The van der Waals surface area contributed by atoms with Crippen molar-refractivity contribution in [3.63, 3.8) is 0 Å². The minimum Gasteiger partial charge on any atom is -0.324 e. The van der Waals surface area contributed by atoms with Crippen LogP contribution in [0.2, 0.25) is 0 Å². The van der Waals surface area contributed by atoms with Gasteiger partial charge in [0.05, 0.1) is 21.6 Å². The van der Waals surface area contributed by atoms with Gasteiger partial charge in [0.25, 0.3) is 5.91 Å². The molecule has 2 amide bonds. The van der Waals surface area contributed by atoms with Gasteiger partial charge >= 0.3 is 0 Å². The van der Waals surface area contributed by atoms with Crippen molar-refractivity contribution in [3.05, 3.63) is 53.1 Å². The van der Waals surface area contributed by atoms with Crippen molar-refractivity contribution in [3.8, 4) is 0 Å². The number of fused-ring (bicyclic) bond motifs is 3. The second kappa shape index (κ2) is 8.24. The lowest BCUT2D eigenvalue weighted by Crippen LogP contribution is -2.21. The van der Waals surface area contributed by atoms with Gasteiger partial charge in [-0.25, -0.2) is 13.8 Å². The normalized spacial score (nSPS) is 15.1. The summed E-state index contributed by atoms with van der Waals surface area (Å²) < 4.78 is 27.8. The number of benzene rings is 1. The van der Waals surface area contributed by atoms with Crippen molar-refractivity contribution in [2.45, 2.75) is 39.0 Å². The molecule has 1 aromatic carbocycles. The zero-order chi connectivity index (χ0) is 21.2. The fourth-order valence-corrected chi connectivity index (χ4v) is 4.02. The monoisotopic (exact) mass is 417 g/mol. The number of nitrogens with zero attached hydrogens (tertiary/aromatic N) is 1. The quantitative estimate of drug-likeness (QED) is 0.500. The highest BCUT2D eigenvalue weighted by Crippen LogP contribution is 2.38. The van der Waals surface area contributed by atoms with Crippen LogP contribution >= 0.6 is 11.3 Å². The van der Waals surface area contributed by atoms with Gasteiger partial charge in [-0.3, -0.25) is 9.59 Å². The molecule has 5 nitrogen and oxygen atoms in total. The number of aryl methyl sites for hydroxylation is 1. The fraction of sp³-hybridized carbons (Fsp3) is 0.286. The molecule has 29 heavy (non-hydrogen) atoms. The van der Waals surface area contributed by atoms with Gasteiger partial charge in [0.1, 0.15) is 5.52 Å². The van der Waals surface area contributed by atoms with Gasteiger partial charge in [-0.2, -0.15) is 0 Å². The molecule has 0 atom stereocenters. The van der Waals surface area contributed by atoms with Crippen molar-refractivity contribution in [2.24, 2.45) is 0 Å². The highest BCUT2D eigenvalue weighted by atomic mass is 32.1. The number of thiazole rings is 1. The Bertz CT molecular complexity index is 1050. The van der Waals surface area contributed by atoms with Crippen molar-refractivity contribution in [2.75, 3.05) is 10.6 Å². The van der Waals surface area contributed by atoms with Crippen LogP contribution in [0.3, 0.4) is 0 Å². The molecule has 2 aromatic rings. The first-order chi connectivity index (χ1) is 13.7. The van der Waals surface area contributed by atoms with Crippen LogP contribution < -0.4 is 10.6 Å². The zero-order valence-electron chi connectivity index (χ0n) is 16.1. The summed E-state index contributed by atoms with van der Waals surface area (Å²) >= 11 is 1.33. The van der Waals surface area contributed by atoms with E-state index in [2.05, 4.69) is 22.2 Å². The number of nitrogens with one attached hydrogen (secondary N) is 2. The summed E-state index contributed by atoms with van der Waals surface area (Å²) in [5.41, 5.74) is 4.62. The Morgan fingerprint density at radius 1 is 1.45 bits per heavy atom. The number of alkyl halides is 2. The smallest absolute Gasteiger partial charge is 0.255 e. The van der Waals surface area contributed by atoms with Gasteiger partial charge in [-0.05, 0) is 37.5 Å². The van der Waals surface area contributed by atoms with Gasteiger partial charge < -0.3 is 10.6 Å². The molecule has 1 aliphatic rings. The van der Waals surface area contributed by atoms with Crippen LogP contribution in [0, 0.1) is 0 Å². The number of rotatable bonds is 6. The number of aromatic nitrogens is 1. The molecule has 0 bridgehead atoms. The average Bonchev–Trinajstić information content (AvgIpc) is 3.14. The Hall–Kier alpha value is -2.87. The van der Waals surface area contributed by atoms with E-state index in [9.17, 15) is 18.4 Å². The number of amides is 2. The molecule has 2 heterocycles. The van der Waals surface area contributed by atoms with E-state index in [1.807, 2.05) is 6.07 Å². The first-order valence-electron chi connectivity index (χ1n) is 9.10. The summed E-state index contributed by atoms with van der Waals surface area (Å²) in [6, 6.07) is 1.81. The number of carbonyl (C=O) groups excluding carboxylic acids is 2. The Morgan fingerprint density at radius 2 is 2.21 bits per heavy atom. The number of halogens is 2. The number of anilines is 2. The summed E-state index contributed by atoms with van der Waals surface area (Å²) in [6.45, 7) is 6.11. The fourth-order valence-electron chi connectivity index (χ4n) is 3.26. The molecule has 2 N–H and O–H groups in total. The lowest BCUT2D eigenvalue weighted by Gasteiger charge is -2.19. The molecular formula is C21H21F2N3O2S. The predicted octanol–water partition coefficient (Wildman–Crippen LogP) is 5.22. The second-order valence-electron chi connectivity index (χ2n) is 6.88. The largest absolute Gasteiger partial charge is 0.324 e. The van der Waals surface area contributed by atoms with E-state index < -0.39 is 18.3 Å². The molecular weight excluding hydrogens is 396 g/mol. The van der Waals surface area contributed by atoms with Crippen LogP contribution in [0.4, 0.5) is 20.2 Å². The van der Waals surface area contributed by atoms with Gasteiger partial charge in [-0.1, -0.05) is 24.8 Å². The van der Waals surface area contributed by atoms with E-state index >= 15 is 0 Å². The maximum Gasteiger partial charge on any atom is 0.255 e. The topological polar surface area (TPSA) is 71.1 Å². The van der Waals surface area contributed by atoms with E-state index in [0.717, 1.165) is 12.5 Å². The van der Waals surface area contributed by atoms with Crippen molar-refractivity contribution >= 4 is 44.7 Å². The maximum atomic E-state index is 13.6. The standard InChI is InChI=1S/C21H21F2N3O2S/c1-4-6-14(12(5-2)10-21(3,22)23)20(28)25-15-9-13-7-8-16(27)26-17(13)18-19(15)29-11-24-18/h4-6,9,11H,2,7-8,10H2,1,3H3,(H,25,28)(H,26,27)/b6-4-,14-12-. The average molecular weight is 417 g/mol. The minimum absolute atomic E-state index is 0.0713. The van der Waals surface area contributed by atoms with Crippen LogP contribution in [-0.4, -0.2) is 22.7 Å². The van der Waals surface area contributed by atoms with E-state index in [-0.39, 0.29) is 17.1 Å². The summed E-state index contributed by atoms with van der Waals surface area (Å²) in [5, 5.41) is 5.68. The molecule has 8 heteroatoms. The van der Waals surface area contributed by atoms with E-state index in [1.165, 1.54) is 23.5 Å². The summed E-state index contributed by atoms with van der Waals surface area (Å²) in [5.74, 6) is -3.54. The highest BCUT2D eigenvalue weighted by Gasteiger charge is 2.26. The molecule has 3 rings (SSSR count). The molecule has 0 saturated heterocycles. The third-order valence-electron chi connectivity index (χ3n) is 4.49. The van der Waals surface area contributed by atoms with Crippen molar-refractivity contribution in [1.82, 2.24) is 4.98 Å². The Labute approximate surface area is 171 Å². The van der Waals surface area contributed by atoms with Gasteiger partial charge in [-0.15, -0.1) is 11.3 Å². The van der Waals surface area contributed by atoms with Crippen LogP contribution in [0.5, 0.6) is 0 Å². The van der Waals surface area contributed by atoms with E-state index in [1.54, 1.807) is 18.5 Å². The summed E-state index contributed by atoms with van der Waals surface area (Å²) in [6.07, 6.45) is 4.71. The zero-order valence-corrected chi connectivity index (χ0v) is 17.0. The van der Waals surface area contributed by atoms with Crippen LogP contribution in [0.1, 0.15) is 32.3 Å². The molecule has 152 valence electrons. The number of hydrogen-bond acceptors (Lipinski definition) is 4. The van der Waals surface area contributed by atoms with E-state index in [4.69, 9.17) is 0 Å². The predicted molar refractivity (Wildman–Crippen MR) is 112 cm³/mol. The van der Waals surface area contributed by atoms with Crippen LogP contribution in [0.15, 0.2) is 47.5 Å². The molecule has 1 aliphatic heterocycles. The van der Waals surface area contributed by atoms with Crippen LogP contribution in [-0.2, 0) is 16.0 Å². The molecule has 0 spiro atoms. The Kier molecular flexibility index (Phi) is 5.93. The summed E-state index contributed by atoms with van der Waals surface area (Å²) in [4.78, 5) is 29.1. The molecule has 0 unspecified atom stereocenters. The Balaban J connectivity index is 2.02. The van der Waals surface area contributed by atoms with Gasteiger partial charge in [0.2, 0.25) is 11.8 Å². The third kappa shape index (κ3) is 4.59. The first-order valence-corrected chi connectivity index (χ1v) is 9.98. The van der Waals surface area contributed by atoms with Crippen molar-refractivity contribution < 1.29 is 18.4 Å². The number of carbonyl (C=O) groups is 2. The lowest BCUT2D eigenvalue weighted by atomic mass is 9.99. The Morgan fingerprint density at radius 3 is 2.86 bits per heavy atom. The van der Waals surface area contributed by atoms with Gasteiger partial charge in [0, 0.05) is 18.4 Å². The maximum absolute atomic E-state index is 13.6. The molecule has 0 saturated carbocycles. The molecule has 0 radical (unpaired) electrons. The third-order valence-corrected chi connectivity index (χ3v) is 5.35. The first kappa shape index (κ1) is 20.9. The highest BCUT2D eigenvalue weighted by molar-refractivity contribution is 7.17. The second-order valence-corrected chi connectivity index (χ2v) is 7.74. The minimum atomic E-state index is -2.97. The SMILES string of the molecule is C=C/C(CC(C)(F)F)=C(\C=C/C)C(=O)Nc1cc2c(c3ncsc13)NC(=O)CC2. The van der Waals surface area contributed by atoms with E-state index in [0.29, 0.717) is 34.4 Å².